The lowest BCUT2D eigenvalue weighted by atomic mass is 10.1. The highest BCUT2D eigenvalue weighted by Gasteiger charge is 2.17. The molecule has 130 valence electrons. The van der Waals surface area contributed by atoms with Gasteiger partial charge in [-0.25, -0.2) is 14.5 Å². The number of thioether (sulfide) groups is 1. The number of nitrogens with zero attached hydrogens (tertiary/aromatic N) is 6. The molecule has 0 aliphatic heterocycles. The van der Waals surface area contributed by atoms with Crippen LogP contribution in [0.2, 0.25) is 0 Å². The van der Waals surface area contributed by atoms with Crippen LogP contribution in [-0.4, -0.2) is 24.0 Å². The number of pyridine rings is 1. The second-order valence-corrected chi connectivity index (χ2v) is 7.17. The quantitative estimate of drug-likeness (QED) is 0.354. The SMILES string of the molecule is Cc1nn2c(SCc3cn4ccccc4n3)nc3ccccc3c2c1C#N. The zero-order valence-corrected chi connectivity index (χ0v) is 15.3. The molecule has 5 aromatic rings. The van der Waals surface area contributed by atoms with Crippen LogP contribution in [0.25, 0.3) is 22.1 Å². The van der Waals surface area contributed by atoms with Gasteiger partial charge in [-0.1, -0.05) is 36.0 Å². The van der Waals surface area contributed by atoms with Gasteiger partial charge in [0.2, 0.25) is 0 Å². The number of benzene rings is 1. The van der Waals surface area contributed by atoms with Crippen LogP contribution in [-0.2, 0) is 5.75 Å². The maximum absolute atomic E-state index is 9.60. The fourth-order valence-corrected chi connectivity index (χ4v) is 4.09. The van der Waals surface area contributed by atoms with Gasteiger partial charge in [0, 0.05) is 23.5 Å². The second kappa shape index (κ2) is 6.11. The third kappa shape index (κ3) is 2.54. The van der Waals surface area contributed by atoms with Crippen molar-refractivity contribution in [3.63, 3.8) is 0 Å². The molecule has 0 atom stereocenters. The van der Waals surface area contributed by atoms with Crippen LogP contribution in [0.3, 0.4) is 0 Å². The molecule has 0 spiro atoms. The summed E-state index contributed by atoms with van der Waals surface area (Å²) in [6, 6.07) is 16.1. The molecule has 0 radical (unpaired) electrons. The largest absolute Gasteiger partial charge is 0.307 e. The molecular formula is C20H14N6S. The monoisotopic (exact) mass is 370 g/mol. The van der Waals surface area contributed by atoms with Crippen LogP contribution in [0.5, 0.6) is 0 Å². The Morgan fingerprint density at radius 3 is 2.81 bits per heavy atom. The topological polar surface area (TPSA) is 71.3 Å². The molecule has 0 aliphatic rings. The number of hydrogen-bond acceptors (Lipinski definition) is 5. The normalized spacial score (nSPS) is 11.4. The van der Waals surface area contributed by atoms with E-state index in [1.54, 1.807) is 16.3 Å². The Hall–Kier alpha value is -3.37. The fourth-order valence-electron chi connectivity index (χ4n) is 3.26. The summed E-state index contributed by atoms with van der Waals surface area (Å²) in [5.41, 5.74) is 4.88. The van der Waals surface area contributed by atoms with Crippen LogP contribution in [0.4, 0.5) is 0 Å². The van der Waals surface area contributed by atoms with E-state index >= 15 is 0 Å². The Morgan fingerprint density at radius 2 is 1.96 bits per heavy atom. The standard InChI is InChI=1S/C20H14N6S/c1-13-16(10-21)19-15-6-2-3-7-17(15)23-20(26(19)24-13)27-12-14-11-25-9-5-4-8-18(25)22-14/h2-9,11H,12H2,1H3. The number of hydrogen-bond donors (Lipinski definition) is 0. The zero-order chi connectivity index (χ0) is 18.4. The third-order valence-corrected chi connectivity index (χ3v) is 5.45. The van der Waals surface area contributed by atoms with E-state index in [4.69, 9.17) is 4.98 Å². The predicted molar refractivity (Wildman–Crippen MR) is 105 cm³/mol. The lowest BCUT2D eigenvalue weighted by Crippen LogP contribution is -1.98. The van der Waals surface area contributed by atoms with Gasteiger partial charge in [-0.3, -0.25) is 0 Å². The Kier molecular flexibility index (Phi) is 3.59. The highest BCUT2D eigenvalue weighted by atomic mass is 32.2. The van der Waals surface area contributed by atoms with Gasteiger partial charge in [0.25, 0.3) is 0 Å². The number of aromatic nitrogens is 5. The molecule has 0 N–H and O–H groups in total. The van der Waals surface area contributed by atoms with Crippen molar-refractivity contribution in [2.75, 3.05) is 0 Å². The molecule has 0 amide bonds. The van der Waals surface area contributed by atoms with Gasteiger partial charge < -0.3 is 4.40 Å². The van der Waals surface area contributed by atoms with Crippen molar-refractivity contribution in [2.24, 2.45) is 0 Å². The summed E-state index contributed by atoms with van der Waals surface area (Å²) < 4.78 is 3.79. The molecule has 0 bridgehead atoms. The van der Waals surface area contributed by atoms with Gasteiger partial charge in [-0.2, -0.15) is 10.4 Å². The predicted octanol–water partition coefficient (Wildman–Crippen LogP) is 4.00. The summed E-state index contributed by atoms with van der Waals surface area (Å²) in [7, 11) is 0. The molecule has 0 unspecified atom stereocenters. The summed E-state index contributed by atoms with van der Waals surface area (Å²) in [6.07, 6.45) is 4.01. The van der Waals surface area contributed by atoms with Crippen LogP contribution in [0, 0.1) is 18.3 Å². The van der Waals surface area contributed by atoms with E-state index < -0.39 is 0 Å². The summed E-state index contributed by atoms with van der Waals surface area (Å²) in [5.74, 6) is 0.670. The lowest BCUT2D eigenvalue weighted by molar-refractivity contribution is 0.797. The summed E-state index contributed by atoms with van der Waals surface area (Å²) in [5, 5.41) is 15.9. The molecule has 0 aliphatic carbocycles. The average molecular weight is 370 g/mol. The van der Waals surface area contributed by atoms with Crippen LogP contribution >= 0.6 is 11.8 Å². The first-order chi connectivity index (χ1) is 13.2. The number of fused-ring (bicyclic) bond motifs is 4. The minimum absolute atomic E-state index is 0.600. The van der Waals surface area contributed by atoms with E-state index in [0.29, 0.717) is 17.0 Å². The average Bonchev–Trinajstić information content (AvgIpc) is 3.26. The Labute approximate surface area is 159 Å². The van der Waals surface area contributed by atoms with Crippen LogP contribution in [0.15, 0.2) is 60.0 Å². The molecule has 27 heavy (non-hydrogen) atoms. The van der Waals surface area contributed by atoms with Gasteiger partial charge in [0.1, 0.15) is 17.3 Å². The first kappa shape index (κ1) is 15.9. The van der Waals surface area contributed by atoms with Crippen molar-refractivity contribution in [3.05, 3.63) is 71.8 Å². The zero-order valence-electron chi connectivity index (χ0n) is 14.5. The molecule has 7 heteroatoms. The lowest BCUT2D eigenvalue weighted by Gasteiger charge is -2.06. The first-order valence-electron chi connectivity index (χ1n) is 8.48. The molecular weight excluding hydrogens is 356 g/mol. The maximum atomic E-state index is 9.60. The highest BCUT2D eigenvalue weighted by molar-refractivity contribution is 7.98. The highest BCUT2D eigenvalue weighted by Crippen LogP contribution is 2.29. The molecule has 4 aromatic heterocycles. The molecule has 0 saturated carbocycles. The van der Waals surface area contributed by atoms with E-state index in [2.05, 4.69) is 16.2 Å². The van der Waals surface area contributed by atoms with Crippen molar-refractivity contribution in [1.29, 1.82) is 5.26 Å². The number of rotatable bonds is 3. The Morgan fingerprint density at radius 1 is 1.11 bits per heavy atom. The minimum atomic E-state index is 0.600. The fraction of sp³-hybridized carbons (Fsp3) is 0.100. The van der Waals surface area contributed by atoms with Gasteiger partial charge in [-0.15, -0.1) is 0 Å². The molecule has 1 aromatic carbocycles. The van der Waals surface area contributed by atoms with Gasteiger partial charge in [0.05, 0.1) is 22.4 Å². The number of imidazole rings is 1. The Bertz CT molecular complexity index is 1320. The van der Waals surface area contributed by atoms with E-state index in [0.717, 1.165) is 32.9 Å². The molecule has 6 nitrogen and oxygen atoms in total. The number of aryl methyl sites for hydroxylation is 1. The van der Waals surface area contributed by atoms with Crippen molar-refractivity contribution >= 4 is 33.8 Å². The van der Waals surface area contributed by atoms with Crippen molar-refractivity contribution in [2.45, 2.75) is 17.8 Å². The van der Waals surface area contributed by atoms with E-state index in [9.17, 15) is 5.26 Å². The molecule has 0 saturated heterocycles. The molecule has 4 heterocycles. The van der Waals surface area contributed by atoms with Crippen molar-refractivity contribution < 1.29 is 0 Å². The number of nitriles is 1. The first-order valence-corrected chi connectivity index (χ1v) is 9.47. The second-order valence-electron chi connectivity index (χ2n) is 6.23. The molecule has 0 fully saturated rings. The minimum Gasteiger partial charge on any atom is -0.307 e. The van der Waals surface area contributed by atoms with Crippen LogP contribution < -0.4 is 0 Å². The van der Waals surface area contributed by atoms with Crippen molar-refractivity contribution in [3.8, 4) is 6.07 Å². The van der Waals surface area contributed by atoms with E-state index in [1.807, 2.05) is 66.2 Å². The summed E-state index contributed by atoms with van der Waals surface area (Å²) in [4.78, 5) is 9.42. The van der Waals surface area contributed by atoms with Gasteiger partial charge in [-0.05, 0) is 25.1 Å². The molecule has 5 rings (SSSR count). The smallest absolute Gasteiger partial charge is 0.190 e. The van der Waals surface area contributed by atoms with E-state index in [-0.39, 0.29) is 0 Å². The Balaban J connectivity index is 1.62. The third-order valence-electron chi connectivity index (χ3n) is 4.49. The van der Waals surface area contributed by atoms with Gasteiger partial charge in [0.15, 0.2) is 5.16 Å². The number of para-hydroxylation sites is 1. The summed E-state index contributed by atoms with van der Waals surface area (Å²) in [6.45, 7) is 1.86. The van der Waals surface area contributed by atoms with Crippen LogP contribution in [0.1, 0.15) is 17.0 Å². The summed E-state index contributed by atoms with van der Waals surface area (Å²) >= 11 is 1.57. The van der Waals surface area contributed by atoms with Gasteiger partial charge >= 0.3 is 0 Å². The maximum Gasteiger partial charge on any atom is 0.190 e. The van der Waals surface area contributed by atoms with E-state index in [1.165, 1.54) is 0 Å². The van der Waals surface area contributed by atoms with Crippen molar-refractivity contribution in [1.82, 2.24) is 24.0 Å².